The Hall–Kier alpha value is -5.74. The van der Waals surface area contributed by atoms with Crippen molar-refractivity contribution < 1.29 is 39.7 Å². The first-order chi connectivity index (χ1) is 26.2. The van der Waals surface area contributed by atoms with Crippen molar-refractivity contribution in [1.29, 1.82) is 0 Å². The molecule has 3 aliphatic heterocycles. The third-order valence-electron chi connectivity index (χ3n) is 9.16. The molecule has 26 nitrogen and oxygen atoms in total. The molecule has 26 heteroatoms. The van der Waals surface area contributed by atoms with Gasteiger partial charge in [0.25, 0.3) is 16.7 Å². The van der Waals surface area contributed by atoms with Crippen molar-refractivity contribution in [2.75, 3.05) is 19.7 Å². The number of aromatic amines is 3. The molecule has 3 saturated heterocycles. The van der Waals surface area contributed by atoms with Crippen molar-refractivity contribution in [3.63, 3.8) is 0 Å². The van der Waals surface area contributed by atoms with Crippen molar-refractivity contribution in [2.24, 2.45) is 21.5 Å². The van der Waals surface area contributed by atoms with Gasteiger partial charge in [-0.2, -0.15) is 0 Å². The van der Waals surface area contributed by atoms with Crippen LogP contribution in [0.25, 0.3) is 0 Å². The van der Waals surface area contributed by atoms with E-state index in [-0.39, 0.29) is 25.0 Å². The maximum atomic E-state index is 12.6. The SMILES string of the molecule is NC(=NC[C@H]1O[C@@H](n2ccc(=O)[nH]c2=O)[C@H](O)[C@@H]1NC(N)=NC[C@H]1O[C@@H](n2ccc(=O)[nH]c2=O)[C@H](O)[C@@H]1O)N[C@H]1[C@@H](O)[C@H](n2ccc(=O)[nH]c2=O)O[C@@H]1CO. The lowest BCUT2D eigenvalue weighted by Crippen LogP contribution is -2.52. The van der Waals surface area contributed by atoms with Gasteiger partial charge in [0.15, 0.2) is 30.6 Å². The van der Waals surface area contributed by atoms with Gasteiger partial charge >= 0.3 is 17.1 Å². The standard InChI is InChI=1S/C29H38N12O14/c30-25(38-17-12(9-42)55-23(20(17)48)40-5-2-14(44)35-28(40)51)32-7-10-16(19(47)22(53-10)39-4-1-13(43)34-27(39)50)37-26(31)33-8-11-18(46)21(49)24(54-11)41-6-3-15(45)36-29(41)52/h1-6,10-12,16-24,42,46-49H,7-9H2,(H3,30,32,38)(H3,31,33,37)(H,34,43,50)(H,35,44,51)(H,36,45,52)/t10-,11-,12-,16-,17-,18-,19-,20-,21-,22-,23-,24-/m1/s1. The summed E-state index contributed by atoms with van der Waals surface area (Å²) < 4.78 is 20.0. The van der Waals surface area contributed by atoms with E-state index < -0.39 is 114 Å². The van der Waals surface area contributed by atoms with Crippen LogP contribution in [0.2, 0.25) is 0 Å². The van der Waals surface area contributed by atoms with Crippen molar-refractivity contribution in [2.45, 2.75) is 73.5 Å². The second-order valence-corrected chi connectivity index (χ2v) is 12.7. The zero-order valence-electron chi connectivity index (χ0n) is 28.3. The first kappa shape index (κ1) is 39.0. The summed E-state index contributed by atoms with van der Waals surface area (Å²) in [6.07, 6.45) is -10.4. The number of nitrogens with zero attached hydrogens (tertiary/aromatic N) is 5. The molecule has 0 aliphatic carbocycles. The van der Waals surface area contributed by atoms with Crippen molar-refractivity contribution in [1.82, 2.24) is 39.3 Å². The molecule has 12 atom stereocenters. The molecule has 0 aromatic carbocycles. The molecule has 0 radical (unpaired) electrons. The van der Waals surface area contributed by atoms with Crippen LogP contribution in [-0.4, -0.2) is 141 Å². The summed E-state index contributed by atoms with van der Waals surface area (Å²) in [4.78, 5) is 86.2. The molecule has 55 heavy (non-hydrogen) atoms. The highest BCUT2D eigenvalue weighted by molar-refractivity contribution is 5.79. The van der Waals surface area contributed by atoms with Gasteiger partial charge in [0.05, 0.1) is 31.8 Å². The highest BCUT2D eigenvalue weighted by Gasteiger charge is 2.48. The average Bonchev–Trinajstić information content (AvgIpc) is 3.72. The number of nitrogens with two attached hydrogens (primary N) is 2. The highest BCUT2D eigenvalue weighted by atomic mass is 16.6. The topological polar surface area (TPSA) is 394 Å². The zero-order valence-corrected chi connectivity index (χ0v) is 28.3. The fourth-order valence-corrected chi connectivity index (χ4v) is 6.42. The van der Waals surface area contributed by atoms with Crippen molar-refractivity contribution in [3.8, 4) is 0 Å². The van der Waals surface area contributed by atoms with Gasteiger partial charge in [-0.25, -0.2) is 14.4 Å². The third kappa shape index (κ3) is 8.05. The van der Waals surface area contributed by atoms with Gasteiger partial charge in [0, 0.05) is 36.8 Å². The monoisotopic (exact) mass is 778 g/mol. The number of nitrogens with one attached hydrogen (secondary N) is 5. The molecule has 3 fully saturated rings. The van der Waals surface area contributed by atoms with Crippen LogP contribution in [0.5, 0.6) is 0 Å². The molecular weight excluding hydrogens is 740 g/mol. The Morgan fingerprint density at radius 2 is 0.964 bits per heavy atom. The largest absolute Gasteiger partial charge is 0.394 e. The number of ether oxygens (including phenoxy) is 3. The van der Waals surface area contributed by atoms with E-state index in [2.05, 4.69) is 25.6 Å². The number of rotatable bonds is 10. The van der Waals surface area contributed by atoms with Gasteiger partial charge in [-0.05, 0) is 0 Å². The number of aliphatic hydroxyl groups excluding tert-OH is 5. The zero-order chi connectivity index (χ0) is 39.7. The first-order valence-corrected chi connectivity index (χ1v) is 16.5. The van der Waals surface area contributed by atoms with Gasteiger partial charge in [-0.3, -0.25) is 53.0 Å². The fourth-order valence-electron chi connectivity index (χ4n) is 6.42. The van der Waals surface area contributed by atoms with Crippen molar-refractivity contribution in [3.05, 3.63) is 99.3 Å². The maximum Gasteiger partial charge on any atom is 0.330 e. The summed E-state index contributed by atoms with van der Waals surface area (Å²) in [5.41, 5.74) is 7.50. The normalized spacial score (nSPS) is 32.5. The Morgan fingerprint density at radius 1 is 0.600 bits per heavy atom. The van der Waals surface area contributed by atoms with E-state index in [0.29, 0.717) is 0 Å². The van der Waals surface area contributed by atoms with Gasteiger partial charge in [-0.1, -0.05) is 0 Å². The maximum absolute atomic E-state index is 12.6. The number of hydrogen-bond acceptors (Lipinski definition) is 16. The highest BCUT2D eigenvalue weighted by Crippen LogP contribution is 2.31. The minimum atomic E-state index is -1.59. The van der Waals surface area contributed by atoms with E-state index in [9.17, 15) is 54.3 Å². The van der Waals surface area contributed by atoms with Crippen LogP contribution in [-0.2, 0) is 14.2 Å². The molecule has 3 aliphatic rings. The second-order valence-electron chi connectivity index (χ2n) is 12.7. The summed E-state index contributed by atoms with van der Waals surface area (Å²) in [6, 6.07) is 0.795. The Bertz CT molecular complexity index is 2280. The summed E-state index contributed by atoms with van der Waals surface area (Å²) in [6.45, 7) is -1.34. The first-order valence-electron chi connectivity index (χ1n) is 16.5. The molecule has 0 spiro atoms. The molecule has 0 saturated carbocycles. The molecule has 3 aromatic rings. The molecular formula is C29H38N12O14. The van der Waals surface area contributed by atoms with Crippen molar-refractivity contribution >= 4 is 11.9 Å². The van der Waals surface area contributed by atoms with Gasteiger partial charge in [-0.15, -0.1) is 0 Å². The number of hydrogen-bond donors (Lipinski definition) is 12. The van der Waals surface area contributed by atoms with Crippen LogP contribution >= 0.6 is 0 Å². The van der Waals surface area contributed by atoms with E-state index in [0.717, 1.165) is 50.5 Å². The third-order valence-corrected chi connectivity index (χ3v) is 9.16. The van der Waals surface area contributed by atoms with Gasteiger partial charge < -0.3 is 61.8 Å². The Balaban J connectivity index is 1.17. The number of aliphatic hydroxyl groups is 5. The van der Waals surface area contributed by atoms with Gasteiger partial charge in [0.2, 0.25) is 0 Å². The van der Waals surface area contributed by atoms with Crippen LogP contribution in [0.1, 0.15) is 18.7 Å². The number of aliphatic imine (C=N–C) groups is 2. The molecule has 0 unspecified atom stereocenters. The lowest BCUT2D eigenvalue weighted by Gasteiger charge is -2.23. The van der Waals surface area contributed by atoms with Crippen LogP contribution in [0.3, 0.4) is 0 Å². The predicted molar refractivity (Wildman–Crippen MR) is 184 cm³/mol. The Kier molecular flexibility index (Phi) is 11.3. The Labute approximate surface area is 305 Å². The fraction of sp³-hybridized carbons (Fsp3) is 0.517. The molecule has 0 bridgehead atoms. The number of aromatic nitrogens is 6. The minimum absolute atomic E-state index is 0.314. The van der Waals surface area contributed by atoms with E-state index >= 15 is 0 Å². The van der Waals surface area contributed by atoms with Crippen LogP contribution in [0, 0.1) is 0 Å². The molecule has 3 aromatic heterocycles. The van der Waals surface area contributed by atoms with E-state index in [1.165, 1.54) is 0 Å². The summed E-state index contributed by atoms with van der Waals surface area (Å²) in [5, 5.41) is 58.8. The summed E-state index contributed by atoms with van der Waals surface area (Å²) in [7, 11) is 0. The molecule has 14 N–H and O–H groups in total. The van der Waals surface area contributed by atoms with E-state index in [1.54, 1.807) is 0 Å². The number of H-pyrrole nitrogens is 3. The number of guanidine groups is 2. The molecule has 6 rings (SSSR count). The Morgan fingerprint density at radius 3 is 1.38 bits per heavy atom. The predicted octanol–water partition coefficient (Wildman–Crippen LogP) is -8.69. The van der Waals surface area contributed by atoms with Gasteiger partial charge in [0.1, 0.15) is 42.7 Å². The average molecular weight is 779 g/mol. The smallest absolute Gasteiger partial charge is 0.330 e. The lowest BCUT2D eigenvalue weighted by atomic mass is 10.1. The van der Waals surface area contributed by atoms with E-state index in [4.69, 9.17) is 25.7 Å². The van der Waals surface area contributed by atoms with Crippen LogP contribution in [0.4, 0.5) is 0 Å². The lowest BCUT2D eigenvalue weighted by molar-refractivity contribution is -0.0532. The minimum Gasteiger partial charge on any atom is -0.394 e. The molecule has 298 valence electrons. The second kappa shape index (κ2) is 15.9. The quantitative estimate of drug-likeness (QED) is 0.0671. The van der Waals surface area contributed by atoms with Crippen LogP contribution in [0.15, 0.2) is 75.5 Å². The summed E-state index contributed by atoms with van der Waals surface area (Å²) >= 11 is 0. The van der Waals surface area contributed by atoms with E-state index in [1.807, 2.05) is 9.97 Å². The molecule has 6 heterocycles. The van der Waals surface area contributed by atoms with Crippen LogP contribution < -0.4 is 55.8 Å². The molecule has 0 amide bonds. The summed E-state index contributed by atoms with van der Waals surface area (Å²) in [5.74, 6) is -0.650.